The molecule has 0 bridgehead atoms. The molecule has 2 atom stereocenters. The Morgan fingerprint density at radius 3 is 2.90 bits per heavy atom. The Morgan fingerprint density at radius 1 is 1.55 bits per heavy atom. The van der Waals surface area contributed by atoms with Gasteiger partial charge in [0.05, 0.1) is 11.1 Å². The number of nitrogens with one attached hydrogen (secondary N) is 1. The minimum atomic E-state index is -0.188. The van der Waals surface area contributed by atoms with Gasteiger partial charge in [-0.3, -0.25) is 4.79 Å². The molecule has 1 aromatic rings. The molecule has 2 unspecified atom stereocenters. The van der Waals surface area contributed by atoms with Gasteiger partial charge >= 0.3 is 0 Å². The normalized spacial score (nSPS) is 26.2. The molecule has 3 nitrogen and oxygen atoms in total. The van der Waals surface area contributed by atoms with E-state index < -0.39 is 0 Å². The highest BCUT2D eigenvalue weighted by molar-refractivity contribution is 9.09. The largest absolute Gasteiger partial charge is 0.507 e. The number of phenols is 1. The van der Waals surface area contributed by atoms with Gasteiger partial charge in [0.2, 0.25) is 0 Å². The van der Waals surface area contributed by atoms with Crippen LogP contribution in [0.2, 0.25) is 0 Å². The third kappa shape index (κ3) is 3.35. The number of carbonyl (C=O) groups excluding carboxylic acids is 1. The van der Waals surface area contributed by atoms with E-state index in [9.17, 15) is 9.90 Å². The zero-order valence-corrected chi connectivity index (χ0v) is 13.7. The molecule has 0 radical (unpaired) electrons. The van der Waals surface area contributed by atoms with Gasteiger partial charge in [-0.05, 0) is 43.4 Å². The van der Waals surface area contributed by atoms with Crippen molar-refractivity contribution >= 4 is 21.8 Å². The van der Waals surface area contributed by atoms with Crippen molar-refractivity contribution in [2.45, 2.75) is 45.1 Å². The molecule has 1 aromatic carbocycles. The van der Waals surface area contributed by atoms with Crippen molar-refractivity contribution in [3.8, 4) is 5.75 Å². The summed E-state index contributed by atoms with van der Waals surface area (Å²) in [6.07, 6.45) is 4.32. The number of alkyl halides is 1. The fraction of sp³-hybridized carbons (Fsp3) is 0.562. The highest BCUT2D eigenvalue weighted by Crippen LogP contribution is 2.34. The monoisotopic (exact) mass is 339 g/mol. The summed E-state index contributed by atoms with van der Waals surface area (Å²) in [6, 6.07) is 5.16. The van der Waals surface area contributed by atoms with Crippen molar-refractivity contribution in [1.82, 2.24) is 5.32 Å². The SMILES string of the molecule is Cc1ccc(C(=O)NC2(CBr)CCCC(C)C2)c(O)c1. The van der Waals surface area contributed by atoms with Gasteiger partial charge in [-0.15, -0.1) is 0 Å². The first-order valence-electron chi connectivity index (χ1n) is 7.14. The van der Waals surface area contributed by atoms with E-state index in [0.717, 1.165) is 30.2 Å². The Morgan fingerprint density at radius 2 is 2.30 bits per heavy atom. The van der Waals surface area contributed by atoms with Crippen LogP contribution in [-0.4, -0.2) is 21.9 Å². The molecule has 1 amide bonds. The van der Waals surface area contributed by atoms with Crippen LogP contribution in [0.4, 0.5) is 0 Å². The van der Waals surface area contributed by atoms with Gasteiger partial charge in [0, 0.05) is 5.33 Å². The third-order valence-corrected chi connectivity index (χ3v) is 5.20. The quantitative estimate of drug-likeness (QED) is 0.823. The second kappa shape index (κ2) is 6.17. The zero-order valence-electron chi connectivity index (χ0n) is 12.1. The summed E-state index contributed by atoms with van der Waals surface area (Å²) in [6.45, 7) is 4.12. The summed E-state index contributed by atoms with van der Waals surface area (Å²) in [7, 11) is 0. The molecule has 4 heteroatoms. The number of carbonyl (C=O) groups is 1. The van der Waals surface area contributed by atoms with Gasteiger partial charge in [0.15, 0.2) is 0 Å². The molecule has 0 aromatic heterocycles. The summed E-state index contributed by atoms with van der Waals surface area (Å²) < 4.78 is 0. The van der Waals surface area contributed by atoms with Gasteiger partial charge in [-0.1, -0.05) is 41.8 Å². The van der Waals surface area contributed by atoms with Crippen molar-refractivity contribution in [1.29, 1.82) is 0 Å². The van der Waals surface area contributed by atoms with Gasteiger partial charge in [-0.2, -0.15) is 0 Å². The smallest absolute Gasteiger partial charge is 0.255 e. The van der Waals surface area contributed by atoms with Crippen LogP contribution in [0.5, 0.6) is 5.75 Å². The molecule has 1 fully saturated rings. The average Bonchev–Trinajstić information content (AvgIpc) is 2.38. The van der Waals surface area contributed by atoms with E-state index in [2.05, 4.69) is 28.2 Å². The van der Waals surface area contributed by atoms with E-state index in [4.69, 9.17) is 0 Å². The van der Waals surface area contributed by atoms with E-state index in [1.807, 2.05) is 13.0 Å². The number of rotatable bonds is 3. The maximum absolute atomic E-state index is 12.4. The second-order valence-electron chi connectivity index (χ2n) is 6.09. The molecule has 1 aliphatic carbocycles. The van der Waals surface area contributed by atoms with Crippen molar-refractivity contribution in [3.63, 3.8) is 0 Å². The molecule has 0 saturated heterocycles. The lowest BCUT2D eigenvalue weighted by atomic mass is 9.77. The summed E-state index contributed by atoms with van der Waals surface area (Å²) >= 11 is 3.55. The number of halogens is 1. The van der Waals surface area contributed by atoms with Crippen LogP contribution in [0, 0.1) is 12.8 Å². The molecule has 0 heterocycles. The Kier molecular flexibility index (Phi) is 4.74. The number of amides is 1. The highest BCUT2D eigenvalue weighted by Gasteiger charge is 2.35. The lowest BCUT2D eigenvalue weighted by molar-refractivity contribution is 0.0867. The van der Waals surface area contributed by atoms with Crippen LogP contribution in [-0.2, 0) is 0 Å². The zero-order chi connectivity index (χ0) is 14.8. The number of aromatic hydroxyl groups is 1. The van der Waals surface area contributed by atoms with Crippen LogP contribution < -0.4 is 5.32 Å². The van der Waals surface area contributed by atoms with Gasteiger partial charge in [0.25, 0.3) is 5.91 Å². The number of benzene rings is 1. The van der Waals surface area contributed by atoms with Crippen molar-refractivity contribution < 1.29 is 9.90 Å². The Labute approximate surface area is 128 Å². The van der Waals surface area contributed by atoms with Gasteiger partial charge in [0.1, 0.15) is 5.75 Å². The molecular weight excluding hydrogens is 318 g/mol. The molecule has 2 rings (SSSR count). The first-order valence-corrected chi connectivity index (χ1v) is 8.26. The van der Waals surface area contributed by atoms with Crippen LogP contribution in [0.25, 0.3) is 0 Å². The van der Waals surface area contributed by atoms with Crippen LogP contribution in [0.3, 0.4) is 0 Å². The molecular formula is C16H22BrNO2. The number of phenolic OH excluding ortho intramolecular Hbond substituents is 1. The Hall–Kier alpha value is -1.03. The van der Waals surface area contributed by atoms with E-state index in [1.165, 1.54) is 6.42 Å². The van der Waals surface area contributed by atoms with E-state index in [0.29, 0.717) is 11.5 Å². The Balaban J connectivity index is 2.16. The first-order chi connectivity index (χ1) is 9.46. The lowest BCUT2D eigenvalue weighted by Gasteiger charge is -2.39. The average molecular weight is 340 g/mol. The molecule has 110 valence electrons. The number of aryl methyl sites for hydroxylation is 1. The summed E-state index contributed by atoms with van der Waals surface area (Å²) in [5.41, 5.74) is 1.11. The van der Waals surface area contributed by atoms with Crippen molar-refractivity contribution in [3.05, 3.63) is 29.3 Å². The lowest BCUT2D eigenvalue weighted by Crippen LogP contribution is -2.52. The van der Waals surface area contributed by atoms with Crippen molar-refractivity contribution in [2.24, 2.45) is 5.92 Å². The molecule has 0 spiro atoms. The van der Waals surface area contributed by atoms with Gasteiger partial charge in [-0.25, -0.2) is 0 Å². The fourth-order valence-corrected chi connectivity index (χ4v) is 3.72. The van der Waals surface area contributed by atoms with Crippen LogP contribution in [0.1, 0.15) is 48.5 Å². The predicted molar refractivity (Wildman–Crippen MR) is 84.5 cm³/mol. The topological polar surface area (TPSA) is 49.3 Å². The minimum absolute atomic E-state index is 0.0519. The Bertz CT molecular complexity index is 503. The summed E-state index contributed by atoms with van der Waals surface area (Å²) in [5.74, 6) is 0.486. The minimum Gasteiger partial charge on any atom is -0.507 e. The maximum Gasteiger partial charge on any atom is 0.255 e. The first kappa shape index (κ1) is 15.4. The molecule has 2 N–H and O–H groups in total. The van der Waals surface area contributed by atoms with Crippen LogP contribution >= 0.6 is 15.9 Å². The molecule has 1 saturated carbocycles. The fourth-order valence-electron chi connectivity index (χ4n) is 3.07. The standard InChI is InChI=1S/C16H22BrNO2/c1-11-5-6-13(14(19)8-11)15(20)18-16(10-17)7-3-4-12(2)9-16/h5-6,8,12,19H,3-4,7,9-10H2,1-2H3,(H,18,20). The van der Waals surface area contributed by atoms with E-state index in [1.54, 1.807) is 12.1 Å². The maximum atomic E-state index is 12.4. The van der Waals surface area contributed by atoms with E-state index >= 15 is 0 Å². The predicted octanol–water partition coefficient (Wildman–Crippen LogP) is 3.77. The highest BCUT2D eigenvalue weighted by atomic mass is 79.9. The summed E-state index contributed by atoms with van der Waals surface area (Å²) in [4.78, 5) is 12.4. The molecule has 20 heavy (non-hydrogen) atoms. The molecule has 1 aliphatic rings. The third-order valence-electron chi connectivity index (χ3n) is 4.12. The number of hydrogen-bond acceptors (Lipinski definition) is 2. The molecule has 0 aliphatic heterocycles. The van der Waals surface area contributed by atoms with Gasteiger partial charge < -0.3 is 10.4 Å². The summed E-state index contributed by atoms with van der Waals surface area (Å²) in [5, 5.41) is 13.8. The number of hydrogen-bond donors (Lipinski definition) is 2. The second-order valence-corrected chi connectivity index (χ2v) is 6.65. The van der Waals surface area contributed by atoms with E-state index in [-0.39, 0.29) is 17.2 Å². The van der Waals surface area contributed by atoms with Crippen molar-refractivity contribution in [2.75, 3.05) is 5.33 Å². The van der Waals surface area contributed by atoms with Crippen LogP contribution in [0.15, 0.2) is 18.2 Å².